The van der Waals surface area contributed by atoms with Crippen molar-refractivity contribution in [2.75, 3.05) is 0 Å². The lowest BCUT2D eigenvalue weighted by Gasteiger charge is -2.29. The topological polar surface area (TPSA) is 0 Å². The van der Waals surface area contributed by atoms with E-state index in [1.807, 2.05) is 0 Å². The SMILES string of the molecule is C[CH]C(C)C=CC1CCC(C)C1(C)C. The van der Waals surface area contributed by atoms with Crippen LogP contribution in [-0.2, 0) is 0 Å². The Balaban J connectivity index is 2.58. The van der Waals surface area contributed by atoms with Crippen molar-refractivity contribution < 1.29 is 0 Å². The van der Waals surface area contributed by atoms with Crippen LogP contribution in [0.2, 0.25) is 0 Å². The average molecular weight is 193 g/mol. The Labute approximate surface area is 89.8 Å². The number of allylic oxidation sites excluding steroid dienone is 2. The fraction of sp³-hybridized carbons (Fsp3) is 0.786. The molecular formula is C14H25. The molecule has 0 aromatic rings. The average Bonchev–Trinajstić information content (AvgIpc) is 2.39. The van der Waals surface area contributed by atoms with Gasteiger partial charge in [-0.05, 0) is 42.4 Å². The third kappa shape index (κ3) is 2.40. The standard InChI is InChI=1S/C14H25/c1-6-11(2)7-9-13-10-8-12(3)14(13,4)5/h6-7,9,11-13H,8,10H2,1-5H3. The van der Waals surface area contributed by atoms with E-state index in [1.165, 1.54) is 12.8 Å². The van der Waals surface area contributed by atoms with Crippen LogP contribution < -0.4 is 0 Å². The molecule has 1 aliphatic carbocycles. The lowest BCUT2D eigenvalue weighted by atomic mass is 9.76. The largest absolute Gasteiger partial charge is 0.0851 e. The fourth-order valence-corrected chi connectivity index (χ4v) is 2.30. The van der Waals surface area contributed by atoms with Gasteiger partial charge in [-0.1, -0.05) is 46.8 Å². The fourth-order valence-electron chi connectivity index (χ4n) is 2.30. The second kappa shape index (κ2) is 4.51. The summed E-state index contributed by atoms with van der Waals surface area (Å²) >= 11 is 0. The molecular weight excluding hydrogens is 168 g/mol. The Bertz CT molecular complexity index is 200. The summed E-state index contributed by atoms with van der Waals surface area (Å²) in [5.41, 5.74) is 0.504. The van der Waals surface area contributed by atoms with E-state index in [4.69, 9.17) is 0 Å². The van der Waals surface area contributed by atoms with Crippen molar-refractivity contribution in [2.45, 2.75) is 47.5 Å². The monoisotopic (exact) mass is 193 g/mol. The molecule has 1 rings (SSSR count). The molecule has 0 aliphatic heterocycles. The summed E-state index contributed by atoms with van der Waals surface area (Å²) in [5.74, 6) is 2.29. The van der Waals surface area contributed by atoms with Gasteiger partial charge in [0.2, 0.25) is 0 Å². The Morgan fingerprint density at radius 1 is 1.29 bits per heavy atom. The van der Waals surface area contributed by atoms with Gasteiger partial charge in [-0.2, -0.15) is 0 Å². The van der Waals surface area contributed by atoms with Crippen molar-refractivity contribution >= 4 is 0 Å². The molecule has 0 N–H and O–H groups in total. The summed E-state index contributed by atoms with van der Waals surface area (Å²) in [6.07, 6.45) is 9.84. The van der Waals surface area contributed by atoms with E-state index in [9.17, 15) is 0 Å². The molecule has 0 heterocycles. The van der Waals surface area contributed by atoms with Crippen LogP contribution in [0.3, 0.4) is 0 Å². The van der Waals surface area contributed by atoms with Crippen LogP contribution in [0, 0.1) is 29.6 Å². The van der Waals surface area contributed by atoms with Crippen LogP contribution >= 0.6 is 0 Å². The minimum Gasteiger partial charge on any atom is -0.0851 e. The van der Waals surface area contributed by atoms with Gasteiger partial charge in [-0.3, -0.25) is 0 Å². The van der Waals surface area contributed by atoms with Crippen molar-refractivity contribution in [3.63, 3.8) is 0 Å². The predicted molar refractivity (Wildman–Crippen MR) is 63.9 cm³/mol. The van der Waals surface area contributed by atoms with Crippen LogP contribution in [-0.4, -0.2) is 0 Å². The molecule has 3 atom stereocenters. The molecule has 0 amide bonds. The molecule has 0 heteroatoms. The van der Waals surface area contributed by atoms with Gasteiger partial charge in [0, 0.05) is 0 Å². The summed E-state index contributed by atoms with van der Waals surface area (Å²) < 4.78 is 0. The minimum atomic E-state index is 0.504. The van der Waals surface area contributed by atoms with Crippen molar-refractivity contribution in [1.29, 1.82) is 0 Å². The van der Waals surface area contributed by atoms with E-state index in [0.717, 1.165) is 11.8 Å². The highest BCUT2D eigenvalue weighted by molar-refractivity contribution is 5.03. The van der Waals surface area contributed by atoms with Gasteiger partial charge < -0.3 is 0 Å². The Morgan fingerprint density at radius 2 is 1.93 bits per heavy atom. The third-order valence-electron chi connectivity index (χ3n) is 4.31. The quantitative estimate of drug-likeness (QED) is 0.580. The van der Waals surface area contributed by atoms with Crippen LogP contribution in [0.5, 0.6) is 0 Å². The van der Waals surface area contributed by atoms with E-state index in [0.29, 0.717) is 11.3 Å². The number of rotatable bonds is 3. The summed E-state index contributed by atoms with van der Waals surface area (Å²) in [6, 6.07) is 0. The highest BCUT2D eigenvalue weighted by Crippen LogP contribution is 2.47. The summed E-state index contributed by atoms with van der Waals surface area (Å²) in [7, 11) is 0. The molecule has 0 nitrogen and oxygen atoms in total. The zero-order chi connectivity index (χ0) is 10.8. The molecule has 1 saturated carbocycles. The van der Waals surface area contributed by atoms with E-state index in [1.54, 1.807) is 0 Å². The Morgan fingerprint density at radius 3 is 2.36 bits per heavy atom. The van der Waals surface area contributed by atoms with E-state index < -0.39 is 0 Å². The summed E-state index contributed by atoms with van der Waals surface area (Å²) in [6.45, 7) is 11.6. The molecule has 1 aliphatic rings. The highest BCUT2D eigenvalue weighted by Gasteiger charge is 2.38. The molecule has 0 bridgehead atoms. The van der Waals surface area contributed by atoms with Crippen molar-refractivity contribution in [1.82, 2.24) is 0 Å². The normalized spacial score (nSPS) is 33.8. The number of hydrogen-bond acceptors (Lipinski definition) is 0. The first kappa shape index (κ1) is 11.8. The van der Waals surface area contributed by atoms with Crippen molar-refractivity contribution in [2.24, 2.45) is 23.2 Å². The maximum Gasteiger partial charge on any atom is -0.0179 e. The van der Waals surface area contributed by atoms with Crippen LogP contribution in [0.25, 0.3) is 0 Å². The molecule has 0 spiro atoms. The zero-order valence-corrected chi connectivity index (χ0v) is 10.4. The first-order valence-electron chi connectivity index (χ1n) is 5.96. The van der Waals surface area contributed by atoms with Crippen molar-refractivity contribution in [3.05, 3.63) is 18.6 Å². The van der Waals surface area contributed by atoms with Crippen LogP contribution in [0.15, 0.2) is 12.2 Å². The second-order valence-corrected chi connectivity index (χ2v) is 5.48. The number of hydrogen-bond donors (Lipinski definition) is 0. The molecule has 3 unspecified atom stereocenters. The van der Waals surface area contributed by atoms with E-state index >= 15 is 0 Å². The van der Waals surface area contributed by atoms with Gasteiger partial charge in [0.25, 0.3) is 0 Å². The smallest absolute Gasteiger partial charge is 0.0179 e. The van der Waals surface area contributed by atoms with Gasteiger partial charge in [-0.25, -0.2) is 0 Å². The van der Waals surface area contributed by atoms with Gasteiger partial charge >= 0.3 is 0 Å². The van der Waals surface area contributed by atoms with Crippen LogP contribution in [0.1, 0.15) is 47.5 Å². The minimum absolute atomic E-state index is 0.504. The molecule has 1 radical (unpaired) electrons. The first-order valence-corrected chi connectivity index (χ1v) is 5.96. The lowest BCUT2D eigenvalue weighted by molar-refractivity contribution is 0.232. The lowest BCUT2D eigenvalue weighted by Crippen LogP contribution is -2.21. The van der Waals surface area contributed by atoms with Crippen LogP contribution in [0.4, 0.5) is 0 Å². The van der Waals surface area contributed by atoms with E-state index in [2.05, 4.69) is 53.2 Å². The Hall–Kier alpha value is -0.260. The highest BCUT2D eigenvalue weighted by atomic mass is 14.4. The van der Waals surface area contributed by atoms with Gasteiger partial charge in [0.05, 0.1) is 0 Å². The second-order valence-electron chi connectivity index (χ2n) is 5.48. The molecule has 0 saturated heterocycles. The maximum atomic E-state index is 2.45. The molecule has 81 valence electrons. The summed E-state index contributed by atoms with van der Waals surface area (Å²) in [4.78, 5) is 0. The molecule has 14 heavy (non-hydrogen) atoms. The van der Waals surface area contributed by atoms with E-state index in [-0.39, 0.29) is 0 Å². The van der Waals surface area contributed by atoms with Crippen molar-refractivity contribution in [3.8, 4) is 0 Å². The van der Waals surface area contributed by atoms with Gasteiger partial charge in [0.1, 0.15) is 0 Å². The molecule has 0 aromatic carbocycles. The first-order chi connectivity index (χ1) is 6.48. The molecule has 0 aromatic heterocycles. The molecule has 1 fully saturated rings. The Kier molecular flexibility index (Phi) is 3.80. The van der Waals surface area contributed by atoms with Gasteiger partial charge in [0.15, 0.2) is 0 Å². The zero-order valence-electron chi connectivity index (χ0n) is 10.4. The van der Waals surface area contributed by atoms with Gasteiger partial charge in [-0.15, -0.1) is 0 Å². The summed E-state index contributed by atoms with van der Waals surface area (Å²) in [5, 5.41) is 0. The maximum absolute atomic E-state index is 2.45. The third-order valence-corrected chi connectivity index (χ3v) is 4.31. The predicted octanol–water partition coefficient (Wildman–Crippen LogP) is 4.48.